The average Bonchev–Trinajstić information content (AvgIpc) is 2.55. The third-order valence-electron chi connectivity index (χ3n) is 3.74. The molecule has 0 aliphatic carbocycles. The molecule has 0 spiro atoms. The fourth-order valence-electron chi connectivity index (χ4n) is 2.41. The Labute approximate surface area is 149 Å². The number of nitrogens with zero attached hydrogens (tertiary/aromatic N) is 2. The van der Waals surface area contributed by atoms with Crippen molar-refractivity contribution in [2.75, 3.05) is 13.1 Å². The molecule has 0 bridgehead atoms. The van der Waals surface area contributed by atoms with Crippen LogP contribution in [0.15, 0.2) is 41.5 Å². The molecule has 2 N–H and O–H groups in total. The monoisotopic (exact) mass is 344 g/mol. The van der Waals surface area contributed by atoms with E-state index in [4.69, 9.17) is 11.6 Å². The lowest BCUT2D eigenvalue weighted by Gasteiger charge is -2.12. The van der Waals surface area contributed by atoms with Crippen molar-refractivity contribution in [3.8, 4) is 0 Å². The molecule has 2 rings (SSSR count). The maximum atomic E-state index is 5.80. The Kier molecular flexibility index (Phi) is 7.07. The summed E-state index contributed by atoms with van der Waals surface area (Å²) < 4.78 is 0. The van der Waals surface area contributed by atoms with Crippen molar-refractivity contribution in [3.63, 3.8) is 0 Å². The highest BCUT2D eigenvalue weighted by Crippen LogP contribution is 2.11. The lowest BCUT2D eigenvalue weighted by atomic mass is 10.1. The Morgan fingerprint density at radius 1 is 1.17 bits per heavy atom. The van der Waals surface area contributed by atoms with Crippen LogP contribution < -0.4 is 10.6 Å². The number of benzene rings is 1. The van der Waals surface area contributed by atoms with Gasteiger partial charge < -0.3 is 10.6 Å². The quantitative estimate of drug-likeness (QED) is 0.478. The number of hydrogen-bond acceptors (Lipinski definition) is 2. The Hall–Kier alpha value is -2.07. The second kappa shape index (κ2) is 9.28. The highest BCUT2D eigenvalue weighted by molar-refractivity contribution is 6.29. The first kappa shape index (κ1) is 18.3. The molecule has 0 radical (unpaired) electrons. The van der Waals surface area contributed by atoms with Gasteiger partial charge >= 0.3 is 0 Å². The Morgan fingerprint density at radius 3 is 2.67 bits per heavy atom. The lowest BCUT2D eigenvalue weighted by molar-refractivity contribution is 0.797. The summed E-state index contributed by atoms with van der Waals surface area (Å²) in [5.74, 6) is 0.833. The van der Waals surface area contributed by atoms with Gasteiger partial charge in [-0.1, -0.05) is 41.4 Å². The van der Waals surface area contributed by atoms with Crippen LogP contribution in [0.5, 0.6) is 0 Å². The van der Waals surface area contributed by atoms with Crippen LogP contribution in [0, 0.1) is 13.8 Å². The van der Waals surface area contributed by atoms with Crippen LogP contribution in [0.3, 0.4) is 0 Å². The van der Waals surface area contributed by atoms with Gasteiger partial charge in [-0.3, -0.25) is 0 Å². The summed E-state index contributed by atoms with van der Waals surface area (Å²) in [6.07, 6.45) is 2.68. The first-order valence-corrected chi connectivity index (χ1v) is 8.65. The zero-order chi connectivity index (χ0) is 17.4. The molecule has 0 unspecified atom stereocenters. The zero-order valence-corrected chi connectivity index (χ0v) is 15.3. The SMILES string of the molecule is CCNC(=NCc1ccc(C)cc1C)NCCc1ccc(Cl)nc1. The van der Waals surface area contributed by atoms with E-state index in [1.165, 1.54) is 16.7 Å². The molecule has 0 aliphatic heterocycles. The molecule has 0 saturated heterocycles. The molecule has 0 aliphatic rings. The number of rotatable bonds is 6. The van der Waals surface area contributed by atoms with Gasteiger partial charge in [0.05, 0.1) is 6.54 Å². The molecular formula is C19H25ClN4. The van der Waals surface area contributed by atoms with Crippen LogP contribution in [0.2, 0.25) is 5.15 Å². The van der Waals surface area contributed by atoms with E-state index in [0.29, 0.717) is 11.7 Å². The van der Waals surface area contributed by atoms with Crippen LogP contribution in [-0.2, 0) is 13.0 Å². The van der Waals surface area contributed by atoms with E-state index in [2.05, 4.69) is 59.6 Å². The molecule has 4 nitrogen and oxygen atoms in total. The number of hydrogen-bond donors (Lipinski definition) is 2. The Balaban J connectivity index is 1.91. The summed E-state index contributed by atoms with van der Waals surface area (Å²) in [5.41, 5.74) is 4.96. The predicted molar refractivity (Wildman–Crippen MR) is 102 cm³/mol. The minimum absolute atomic E-state index is 0.523. The van der Waals surface area contributed by atoms with E-state index in [0.717, 1.165) is 31.0 Å². The van der Waals surface area contributed by atoms with Crippen molar-refractivity contribution in [1.82, 2.24) is 15.6 Å². The van der Waals surface area contributed by atoms with Gasteiger partial charge in [-0.2, -0.15) is 0 Å². The number of halogens is 1. The van der Waals surface area contributed by atoms with Gasteiger partial charge in [-0.05, 0) is 49.9 Å². The normalized spacial score (nSPS) is 11.4. The minimum Gasteiger partial charge on any atom is -0.357 e. The van der Waals surface area contributed by atoms with Gasteiger partial charge in [0, 0.05) is 19.3 Å². The van der Waals surface area contributed by atoms with Gasteiger partial charge in [0.1, 0.15) is 5.15 Å². The van der Waals surface area contributed by atoms with Gasteiger partial charge in [-0.15, -0.1) is 0 Å². The number of aliphatic imine (C=N–C) groups is 1. The molecule has 0 saturated carbocycles. The first-order valence-electron chi connectivity index (χ1n) is 8.27. The number of nitrogens with one attached hydrogen (secondary N) is 2. The van der Waals surface area contributed by atoms with Crippen LogP contribution in [0.1, 0.15) is 29.2 Å². The summed E-state index contributed by atoms with van der Waals surface area (Å²) in [7, 11) is 0. The van der Waals surface area contributed by atoms with Crippen LogP contribution in [-0.4, -0.2) is 24.0 Å². The highest BCUT2D eigenvalue weighted by Gasteiger charge is 2.01. The maximum absolute atomic E-state index is 5.80. The predicted octanol–water partition coefficient (Wildman–Crippen LogP) is 3.65. The van der Waals surface area contributed by atoms with Crippen molar-refractivity contribution < 1.29 is 0 Å². The number of aromatic nitrogens is 1. The molecule has 1 aromatic carbocycles. The highest BCUT2D eigenvalue weighted by atomic mass is 35.5. The molecule has 0 fully saturated rings. The summed E-state index contributed by atoms with van der Waals surface area (Å²) in [6, 6.07) is 10.3. The minimum atomic E-state index is 0.523. The van der Waals surface area contributed by atoms with Crippen molar-refractivity contribution in [1.29, 1.82) is 0 Å². The number of pyridine rings is 1. The van der Waals surface area contributed by atoms with Gasteiger partial charge in [0.25, 0.3) is 0 Å². The summed E-state index contributed by atoms with van der Waals surface area (Å²) in [4.78, 5) is 8.77. The molecule has 5 heteroatoms. The Bertz CT molecular complexity index is 680. The third-order valence-corrected chi connectivity index (χ3v) is 3.97. The van der Waals surface area contributed by atoms with Gasteiger partial charge in [0.15, 0.2) is 5.96 Å². The summed E-state index contributed by atoms with van der Waals surface area (Å²) in [5, 5.41) is 7.17. The largest absolute Gasteiger partial charge is 0.357 e. The topological polar surface area (TPSA) is 49.3 Å². The molecule has 0 amide bonds. The van der Waals surface area contributed by atoms with Gasteiger partial charge in [-0.25, -0.2) is 9.98 Å². The van der Waals surface area contributed by atoms with E-state index in [-0.39, 0.29) is 0 Å². The second-order valence-electron chi connectivity index (χ2n) is 5.79. The van der Waals surface area contributed by atoms with Gasteiger partial charge in [0.2, 0.25) is 0 Å². The molecular weight excluding hydrogens is 320 g/mol. The first-order chi connectivity index (χ1) is 11.6. The van der Waals surface area contributed by atoms with E-state index < -0.39 is 0 Å². The average molecular weight is 345 g/mol. The summed E-state index contributed by atoms with van der Waals surface area (Å²) in [6.45, 7) is 8.60. The summed E-state index contributed by atoms with van der Waals surface area (Å²) >= 11 is 5.80. The van der Waals surface area contributed by atoms with E-state index in [1.54, 1.807) is 0 Å². The molecule has 24 heavy (non-hydrogen) atoms. The van der Waals surface area contributed by atoms with E-state index in [1.807, 2.05) is 18.3 Å². The number of guanidine groups is 1. The molecule has 1 heterocycles. The molecule has 128 valence electrons. The smallest absolute Gasteiger partial charge is 0.191 e. The molecule has 0 atom stereocenters. The van der Waals surface area contributed by atoms with Crippen molar-refractivity contribution in [2.24, 2.45) is 4.99 Å². The molecule has 2 aromatic rings. The molecule has 1 aromatic heterocycles. The van der Waals surface area contributed by atoms with Crippen molar-refractivity contribution in [2.45, 2.75) is 33.7 Å². The second-order valence-corrected chi connectivity index (χ2v) is 6.18. The van der Waals surface area contributed by atoms with E-state index >= 15 is 0 Å². The maximum Gasteiger partial charge on any atom is 0.191 e. The van der Waals surface area contributed by atoms with Crippen molar-refractivity contribution >= 4 is 17.6 Å². The van der Waals surface area contributed by atoms with Crippen LogP contribution in [0.25, 0.3) is 0 Å². The third kappa shape index (κ3) is 5.85. The van der Waals surface area contributed by atoms with Crippen molar-refractivity contribution in [3.05, 3.63) is 63.9 Å². The standard InChI is InChI=1S/C19H25ClN4/c1-4-21-19(22-10-9-16-6-8-18(20)23-12-16)24-13-17-7-5-14(2)11-15(17)3/h5-8,11-12H,4,9-10,13H2,1-3H3,(H2,21,22,24). The number of aryl methyl sites for hydroxylation is 2. The fraction of sp³-hybridized carbons (Fsp3) is 0.368. The lowest BCUT2D eigenvalue weighted by Crippen LogP contribution is -2.38. The Morgan fingerprint density at radius 2 is 2.00 bits per heavy atom. The van der Waals surface area contributed by atoms with E-state index in [9.17, 15) is 0 Å². The van der Waals surface area contributed by atoms with Crippen LogP contribution in [0.4, 0.5) is 0 Å². The van der Waals surface area contributed by atoms with Crippen LogP contribution >= 0.6 is 11.6 Å². The fourth-order valence-corrected chi connectivity index (χ4v) is 2.52. The zero-order valence-electron chi connectivity index (χ0n) is 14.6.